The third kappa shape index (κ3) is 2.37. The van der Waals surface area contributed by atoms with Crippen LogP contribution in [0.4, 0.5) is 17.1 Å². The van der Waals surface area contributed by atoms with E-state index in [1.807, 2.05) is 66.7 Å². The van der Waals surface area contributed by atoms with Gasteiger partial charge in [-0.2, -0.15) is 0 Å². The Kier molecular flexibility index (Phi) is 4.15. The van der Waals surface area contributed by atoms with Crippen LogP contribution in [0.1, 0.15) is 16.7 Å². The van der Waals surface area contributed by atoms with Crippen LogP contribution < -0.4 is 17.2 Å². The highest BCUT2D eigenvalue weighted by atomic mass is 16.5. The van der Waals surface area contributed by atoms with Crippen molar-refractivity contribution in [3.05, 3.63) is 89.5 Å². The van der Waals surface area contributed by atoms with E-state index in [1.165, 1.54) is 0 Å². The summed E-state index contributed by atoms with van der Waals surface area (Å²) in [5.74, 6) is 0. The van der Waals surface area contributed by atoms with Crippen LogP contribution in [0, 0.1) is 0 Å². The number of benzene rings is 3. The molecule has 4 nitrogen and oxygen atoms in total. The molecule has 0 amide bonds. The summed E-state index contributed by atoms with van der Waals surface area (Å²) in [6.45, 7) is 0. The van der Waals surface area contributed by atoms with Crippen molar-refractivity contribution in [2.45, 2.75) is 5.60 Å². The van der Waals surface area contributed by atoms with E-state index in [0.29, 0.717) is 17.1 Å². The summed E-state index contributed by atoms with van der Waals surface area (Å²) in [6, 6.07) is 23.5. The van der Waals surface area contributed by atoms with Crippen molar-refractivity contribution in [1.82, 2.24) is 0 Å². The van der Waals surface area contributed by atoms with Crippen molar-refractivity contribution in [2.75, 3.05) is 24.3 Å². The normalized spacial score (nSPS) is 11.4. The van der Waals surface area contributed by atoms with Crippen LogP contribution in [-0.4, -0.2) is 7.11 Å². The maximum absolute atomic E-state index is 6.33. The number of nitrogens with two attached hydrogens (primary N) is 3. The van der Waals surface area contributed by atoms with Gasteiger partial charge in [0.15, 0.2) is 0 Å². The predicted molar refractivity (Wildman–Crippen MR) is 99.5 cm³/mol. The van der Waals surface area contributed by atoms with Gasteiger partial charge in [0.1, 0.15) is 5.60 Å². The fraction of sp³-hybridized carbons (Fsp3) is 0.100. The maximum Gasteiger partial charge on any atom is 0.145 e. The molecule has 0 saturated heterocycles. The van der Waals surface area contributed by atoms with Crippen molar-refractivity contribution in [1.29, 1.82) is 0 Å². The molecule has 0 aliphatic heterocycles. The third-order valence-electron chi connectivity index (χ3n) is 4.37. The van der Waals surface area contributed by atoms with Crippen LogP contribution >= 0.6 is 0 Å². The van der Waals surface area contributed by atoms with Gasteiger partial charge in [0.2, 0.25) is 0 Å². The molecule has 4 heteroatoms. The minimum atomic E-state index is -0.867. The van der Waals surface area contributed by atoms with E-state index in [2.05, 4.69) is 0 Å². The van der Waals surface area contributed by atoms with E-state index in [1.54, 1.807) is 13.2 Å². The van der Waals surface area contributed by atoms with E-state index in [-0.39, 0.29) is 0 Å². The topological polar surface area (TPSA) is 87.3 Å². The molecule has 0 radical (unpaired) electrons. The smallest absolute Gasteiger partial charge is 0.145 e. The molecule has 0 spiro atoms. The molecule has 3 rings (SSSR count). The molecule has 0 fully saturated rings. The van der Waals surface area contributed by atoms with Gasteiger partial charge in [-0.15, -0.1) is 0 Å². The van der Waals surface area contributed by atoms with E-state index >= 15 is 0 Å². The minimum absolute atomic E-state index is 0.376. The van der Waals surface area contributed by atoms with Gasteiger partial charge >= 0.3 is 0 Å². The van der Waals surface area contributed by atoms with Gasteiger partial charge < -0.3 is 21.9 Å². The maximum atomic E-state index is 6.33. The fourth-order valence-corrected chi connectivity index (χ4v) is 3.13. The molecule has 0 aliphatic carbocycles. The van der Waals surface area contributed by atoms with Crippen LogP contribution in [-0.2, 0) is 10.3 Å². The number of hydrogen-bond acceptors (Lipinski definition) is 4. The fourth-order valence-electron chi connectivity index (χ4n) is 3.13. The number of nitrogen functional groups attached to an aromatic ring is 3. The molecule has 0 aliphatic rings. The Morgan fingerprint density at radius 1 is 0.667 bits per heavy atom. The van der Waals surface area contributed by atoms with Gasteiger partial charge in [-0.25, -0.2) is 0 Å². The number of anilines is 3. The van der Waals surface area contributed by atoms with E-state index < -0.39 is 5.60 Å². The first-order valence-electron chi connectivity index (χ1n) is 7.71. The largest absolute Gasteiger partial charge is 0.397 e. The molecule has 3 aromatic carbocycles. The van der Waals surface area contributed by atoms with Crippen LogP contribution in [0.15, 0.2) is 72.8 Å². The second-order valence-corrected chi connectivity index (χ2v) is 5.65. The molecular formula is C20H21N3O. The van der Waals surface area contributed by atoms with Gasteiger partial charge in [-0.1, -0.05) is 66.7 Å². The van der Waals surface area contributed by atoms with Crippen LogP contribution in [0.3, 0.4) is 0 Å². The first kappa shape index (κ1) is 15.9. The standard InChI is InChI=1S/C20H21N3O/c1-24-20(14-8-4-2-5-9-14,15-10-6-3-7-11-15)16-12-13-17(21)19(23)18(16)22/h2-13H,21-23H2,1H3. The molecule has 0 unspecified atom stereocenters. The number of ether oxygens (including phenoxy) is 1. The lowest BCUT2D eigenvalue weighted by Crippen LogP contribution is -2.32. The van der Waals surface area contributed by atoms with Gasteiger partial charge in [0.05, 0.1) is 17.1 Å². The molecule has 0 heterocycles. The zero-order valence-electron chi connectivity index (χ0n) is 13.6. The highest BCUT2D eigenvalue weighted by Crippen LogP contribution is 2.44. The third-order valence-corrected chi connectivity index (χ3v) is 4.37. The lowest BCUT2D eigenvalue weighted by atomic mass is 9.79. The zero-order valence-corrected chi connectivity index (χ0v) is 13.6. The van der Waals surface area contributed by atoms with Crippen molar-refractivity contribution in [3.8, 4) is 0 Å². The minimum Gasteiger partial charge on any atom is -0.397 e. The lowest BCUT2D eigenvalue weighted by molar-refractivity contribution is 0.0592. The number of rotatable bonds is 4. The summed E-state index contributed by atoms with van der Waals surface area (Å²) < 4.78 is 6.10. The molecule has 122 valence electrons. The van der Waals surface area contributed by atoms with Crippen molar-refractivity contribution < 1.29 is 4.74 Å². The Morgan fingerprint density at radius 3 is 1.62 bits per heavy atom. The predicted octanol–water partition coefficient (Wildman–Crippen LogP) is 3.37. The summed E-state index contributed by atoms with van der Waals surface area (Å²) in [6.07, 6.45) is 0. The van der Waals surface area contributed by atoms with E-state index in [0.717, 1.165) is 16.7 Å². The second-order valence-electron chi connectivity index (χ2n) is 5.65. The number of hydrogen-bond donors (Lipinski definition) is 3. The van der Waals surface area contributed by atoms with Crippen molar-refractivity contribution in [2.24, 2.45) is 0 Å². The van der Waals surface area contributed by atoms with E-state index in [9.17, 15) is 0 Å². The molecule has 0 aromatic heterocycles. The quantitative estimate of drug-likeness (QED) is 0.508. The Labute approximate surface area is 141 Å². The lowest BCUT2D eigenvalue weighted by Gasteiger charge is -2.35. The molecule has 6 N–H and O–H groups in total. The zero-order chi connectivity index (χ0) is 17.2. The Morgan fingerprint density at radius 2 is 1.17 bits per heavy atom. The molecular weight excluding hydrogens is 298 g/mol. The van der Waals surface area contributed by atoms with Crippen LogP contribution in [0.2, 0.25) is 0 Å². The second kappa shape index (κ2) is 6.26. The molecule has 0 bridgehead atoms. The summed E-state index contributed by atoms with van der Waals surface area (Å²) in [5.41, 5.74) is 21.4. The van der Waals surface area contributed by atoms with E-state index in [4.69, 9.17) is 21.9 Å². The Bertz CT molecular complexity index is 793. The van der Waals surface area contributed by atoms with Crippen molar-refractivity contribution >= 4 is 17.1 Å². The average Bonchev–Trinajstić information content (AvgIpc) is 2.64. The summed E-state index contributed by atoms with van der Waals surface area (Å²) in [7, 11) is 1.67. The summed E-state index contributed by atoms with van der Waals surface area (Å²) in [4.78, 5) is 0. The summed E-state index contributed by atoms with van der Waals surface area (Å²) >= 11 is 0. The summed E-state index contributed by atoms with van der Waals surface area (Å²) in [5, 5.41) is 0. The first-order chi connectivity index (χ1) is 11.6. The Balaban J connectivity index is 2.37. The van der Waals surface area contributed by atoms with Gasteiger partial charge in [-0.3, -0.25) is 0 Å². The van der Waals surface area contributed by atoms with Crippen LogP contribution in [0.25, 0.3) is 0 Å². The average molecular weight is 319 g/mol. The highest BCUT2D eigenvalue weighted by Gasteiger charge is 2.38. The monoisotopic (exact) mass is 319 g/mol. The molecule has 3 aromatic rings. The molecule has 0 atom stereocenters. The van der Waals surface area contributed by atoms with Crippen LogP contribution in [0.5, 0.6) is 0 Å². The SMILES string of the molecule is COC(c1ccccc1)(c1ccccc1)c1ccc(N)c(N)c1N. The number of methoxy groups -OCH3 is 1. The Hall–Kier alpha value is -2.98. The van der Waals surface area contributed by atoms with Crippen molar-refractivity contribution in [3.63, 3.8) is 0 Å². The first-order valence-corrected chi connectivity index (χ1v) is 7.71. The molecule has 0 saturated carbocycles. The molecule has 24 heavy (non-hydrogen) atoms. The van der Waals surface area contributed by atoms with Gasteiger partial charge in [-0.05, 0) is 17.2 Å². The van der Waals surface area contributed by atoms with Gasteiger partial charge in [0.25, 0.3) is 0 Å². The van der Waals surface area contributed by atoms with Gasteiger partial charge in [0, 0.05) is 12.7 Å². The highest BCUT2D eigenvalue weighted by molar-refractivity contribution is 5.81.